The van der Waals surface area contributed by atoms with Crippen LogP contribution in [0.3, 0.4) is 0 Å². The molecule has 0 spiro atoms. The van der Waals surface area contributed by atoms with Crippen LogP contribution in [0.15, 0.2) is 39.4 Å². The topological polar surface area (TPSA) is 71.9 Å². The molecular formula is C12H7Br2N3O. The number of nitrogen functional groups attached to an aromatic ring is 1. The summed E-state index contributed by atoms with van der Waals surface area (Å²) in [4.78, 5) is 4.01. The number of nitriles is 1. The van der Waals surface area contributed by atoms with Gasteiger partial charge in [-0.2, -0.15) is 5.26 Å². The second kappa shape index (κ2) is 5.38. The quantitative estimate of drug-likeness (QED) is 0.873. The SMILES string of the molecule is N#Cc1cc(N)cnc1Oc1ccc(Br)cc1Br. The minimum atomic E-state index is 0.231. The molecule has 1 heterocycles. The summed E-state index contributed by atoms with van der Waals surface area (Å²) in [7, 11) is 0. The van der Waals surface area contributed by atoms with Gasteiger partial charge in [0, 0.05) is 4.47 Å². The fraction of sp³-hybridized carbons (Fsp3) is 0. The number of aromatic nitrogens is 1. The molecule has 1 aromatic carbocycles. The van der Waals surface area contributed by atoms with Crippen LogP contribution in [0.4, 0.5) is 5.69 Å². The van der Waals surface area contributed by atoms with Gasteiger partial charge in [0.15, 0.2) is 0 Å². The van der Waals surface area contributed by atoms with E-state index < -0.39 is 0 Å². The summed E-state index contributed by atoms with van der Waals surface area (Å²) in [6.45, 7) is 0. The maximum atomic E-state index is 8.99. The van der Waals surface area contributed by atoms with Gasteiger partial charge in [-0.05, 0) is 40.2 Å². The first kappa shape index (κ1) is 12.9. The Morgan fingerprint density at radius 1 is 1.28 bits per heavy atom. The third-order valence-corrected chi connectivity index (χ3v) is 3.21. The molecule has 4 nitrogen and oxygen atoms in total. The molecule has 0 fully saturated rings. The molecule has 2 rings (SSSR count). The van der Waals surface area contributed by atoms with Crippen LogP contribution in [0, 0.1) is 11.3 Å². The number of anilines is 1. The van der Waals surface area contributed by atoms with Gasteiger partial charge in [0.2, 0.25) is 5.88 Å². The molecule has 18 heavy (non-hydrogen) atoms. The van der Waals surface area contributed by atoms with E-state index >= 15 is 0 Å². The van der Waals surface area contributed by atoms with Gasteiger partial charge in [0.25, 0.3) is 0 Å². The van der Waals surface area contributed by atoms with Crippen LogP contribution < -0.4 is 10.5 Å². The summed E-state index contributed by atoms with van der Waals surface area (Å²) in [5.41, 5.74) is 6.28. The van der Waals surface area contributed by atoms with Crippen molar-refractivity contribution >= 4 is 37.5 Å². The van der Waals surface area contributed by atoms with Crippen LogP contribution in [-0.4, -0.2) is 4.98 Å². The molecule has 0 bridgehead atoms. The summed E-state index contributed by atoms with van der Waals surface area (Å²) in [5, 5.41) is 8.99. The van der Waals surface area contributed by atoms with Crippen molar-refractivity contribution in [3.63, 3.8) is 0 Å². The summed E-state index contributed by atoms with van der Waals surface area (Å²) in [6, 6.07) is 8.97. The lowest BCUT2D eigenvalue weighted by Crippen LogP contribution is -1.95. The van der Waals surface area contributed by atoms with Gasteiger partial charge in [-0.25, -0.2) is 4.98 Å². The van der Waals surface area contributed by atoms with E-state index in [0.717, 1.165) is 8.95 Å². The molecule has 0 aliphatic heterocycles. The lowest BCUT2D eigenvalue weighted by molar-refractivity contribution is 0.458. The molecule has 0 aliphatic carbocycles. The van der Waals surface area contributed by atoms with E-state index in [1.807, 2.05) is 18.2 Å². The van der Waals surface area contributed by atoms with E-state index in [2.05, 4.69) is 36.8 Å². The highest BCUT2D eigenvalue weighted by Crippen LogP contribution is 2.32. The average Bonchev–Trinajstić information content (AvgIpc) is 2.34. The first-order valence-corrected chi connectivity index (χ1v) is 6.47. The van der Waals surface area contributed by atoms with Gasteiger partial charge >= 0.3 is 0 Å². The molecule has 0 saturated heterocycles. The summed E-state index contributed by atoms with van der Waals surface area (Å²) >= 11 is 6.72. The van der Waals surface area contributed by atoms with E-state index in [9.17, 15) is 0 Å². The maximum absolute atomic E-state index is 8.99. The van der Waals surface area contributed by atoms with Crippen molar-refractivity contribution in [1.82, 2.24) is 4.98 Å². The van der Waals surface area contributed by atoms with Crippen LogP contribution in [0.1, 0.15) is 5.56 Å². The zero-order valence-electron chi connectivity index (χ0n) is 9.02. The Morgan fingerprint density at radius 3 is 2.72 bits per heavy atom. The minimum absolute atomic E-state index is 0.231. The molecular weight excluding hydrogens is 362 g/mol. The predicted octanol–water partition coefficient (Wildman–Crippen LogP) is 3.85. The third-order valence-electron chi connectivity index (χ3n) is 2.09. The summed E-state index contributed by atoms with van der Waals surface area (Å²) in [5.74, 6) is 0.807. The molecule has 0 amide bonds. The van der Waals surface area contributed by atoms with Gasteiger partial charge in [-0.15, -0.1) is 0 Å². The highest BCUT2D eigenvalue weighted by atomic mass is 79.9. The second-order valence-corrected chi connectivity index (χ2v) is 5.18. The van der Waals surface area contributed by atoms with Crippen LogP contribution in [0.5, 0.6) is 11.6 Å². The first-order valence-electron chi connectivity index (χ1n) is 4.88. The number of benzene rings is 1. The Labute approximate surface area is 121 Å². The monoisotopic (exact) mass is 367 g/mol. The van der Waals surface area contributed by atoms with Crippen LogP contribution in [0.25, 0.3) is 0 Å². The molecule has 0 unspecified atom stereocenters. The number of hydrogen-bond acceptors (Lipinski definition) is 4. The Hall–Kier alpha value is -1.58. The third kappa shape index (κ3) is 2.81. The molecule has 6 heteroatoms. The second-order valence-electron chi connectivity index (χ2n) is 3.41. The fourth-order valence-corrected chi connectivity index (χ4v) is 2.42. The number of halogens is 2. The highest BCUT2D eigenvalue weighted by molar-refractivity contribution is 9.11. The van der Waals surface area contributed by atoms with Crippen molar-refractivity contribution in [1.29, 1.82) is 5.26 Å². The smallest absolute Gasteiger partial charge is 0.237 e. The van der Waals surface area contributed by atoms with Crippen molar-refractivity contribution in [2.75, 3.05) is 5.73 Å². The number of hydrogen-bond donors (Lipinski definition) is 1. The molecule has 0 atom stereocenters. The predicted molar refractivity (Wildman–Crippen MR) is 75.3 cm³/mol. The summed E-state index contributed by atoms with van der Waals surface area (Å²) in [6.07, 6.45) is 1.45. The molecule has 0 radical (unpaired) electrons. The van der Waals surface area contributed by atoms with E-state index in [4.69, 9.17) is 15.7 Å². The van der Waals surface area contributed by atoms with Gasteiger partial charge in [0.1, 0.15) is 17.4 Å². The van der Waals surface area contributed by atoms with Crippen molar-refractivity contribution < 1.29 is 4.74 Å². The normalized spacial score (nSPS) is 9.83. The maximum Gasteiger partial charge on any atom is 0.237 e. The summed E-state index contributed by atoms with van der Waals surface area (Å²) < 4.78 is 7.27. The van der Waals surface area contributed by atoms with Crippen LogP contribution >= 0.6 is 31.9 Å². The Morgan fingerprint density at radius 2 is 2.06 bits per heavy atom. The van der Waals surface area contributed by atoms with Crippen LogP contribution in [0.2, 0.25) is 0 Å². The van der Waals surface area contributed by atoms with E-state index in [-0.39, 0.29) is 5.88 Å². The number of nitrogens with zero attached hydrogens (tertiary/aromatic N) is 2. The Kier molecular flexibility index (Phi) is 3.84. The highest BCUT2D eigenvalue weighted by Gasteiger charge is 2.09. The Bertz CT molecular complexity index is 638. The van der Waals surface area contributed by atoms with E-state index in [0.29, 0.717) is 17.0 Å². The largest absolute Gasteiger partial charge is 0.436 e. The molecule has 2 aromatic rings. The van der Waals surface area contributed by atoms with Crippen LogP contribution in [-0.2, 0) is 0 Å². The fourth-order valence-electron chi connectivity index (χ4n) is 1.29. The van der Waals surface area contributed by atoms with Crippen molar-refractivity contribution in [2.45, 2.75) is 0 Å². The Balaban J connectivity index is 2.37. The van der Waals surface area contributed by atoms with Gasteiger partial charge in [0.05, 0.1) is 16.4 Å². The molecule has 2 N–H and O–H groups in total. The first-order chi connectivity index (χ1) is 8.60. The number of pyridine rings is 1. The zero-order valence-corrected chi connectivity index (χ0v) is 12.2. The lowest BCUT2D eigenvalue weighted by atomic mass is 10.3. The molecule has 0 aliphatic rings. The van der Waals surface area contributed by atoms with Gasteiger partial charge < -0.3 is 10.5 Å². The van der Waals surface area contributed by atoms with E-state index in [1.54, 1.807) is 6.07 Å². The van der Waals surface area contributed by atoms with Crippen molar-refractivity contribution in [3.8, 4) is 17.7 Å². The standard InChI is InChI=1S/C12H7Br2N3O/c13-8-1-2-11(10(14)4-8)18-12-7(5-15)3-9(16)6-17-12/h1-4,6H,16H2. The zero-order chi connectivity index (χ0) is 13.1. The minimum Gasteiger partial charge on any atom is -0.436 e. The molecule has 0 saturated carbocycles. The number of rotatable bonds is 2. The van der Waals surface area contributed by atoms with Gasteiger partial charge in [-0.1, -0.05) is 15.9 Å². The van der Waals surface area contributed by atoms with Gasteiger partial charge in [-0.3, -0.25) is 0 Å². The number of ether oxygens (including phenoxy) is 1. The van der Waals surface area contributed by atoms with Crippen molar-refractivity contribution in [2.24, 2.45) is 0 Å². The molecule has 1 aromatic heterocycles. The average molecular weight is 369 g/mol. The molecule has 90 valence electrons. The van der Waals surface area contributed by atoms with E-state index in [1.165, 1.54) is 12.3 Å². The lowest BCUT2D eigenvalue weighted by Gasteiger charge is -2.08. The van der Waals surface area contributed by atoms with Crippen molar-refractivity contribution in [3.05, 3.63) is 45.0 Å². The number of nitrogens with two attached hydrogens (primary N) is 1.